The number of allylic oxidation sites excluding steroid dienone is 1. The Bertz CT molecular complexity index is 483. The lowest BCUT2D eigenvalue weighted by molar-refractivity contribution is 0.278. The fourth-order valence-corrected chi connectivity index (χ4v) is 3.16. The van der Waals surface area contributed by atoms with Crippen LogP contribution in [0.5, 0.6) is 0 Å². The summed E-state index contributed by atoms with van der Waals surface area (Å²) in [5, 5.41) is 13.0. The Kier molecular flexibility index (Phi) is 2.42. The molecular weight excluding hydrogens is 212 g/mol. The Morgan fingerprint density at radius 2 is 2.29 bits per heavy atom. The number of aliphatic hydroxyl groups is 1. The lowest BCUT2D eigenvalue weighted by Gasteiger charge is -2.31. The maximum atomic E-state index is 9.56. The number of hydrogen-bond donors (Lipinski definition) is 2. The zero-order valence-corrected chi connectivity index (χ0v) is 10.6. The first-order chi connectivity index (χ1) is 8.13. The molecule has 0 amide bonds. The molecule has 17 heavy (non-hydrogen) atoms. The molecule has 1 aliphatic carbocycles. The summed E-state index contributed by atoms with van der Waals surface area (Å²) in [7, 11) is 0. The summed E-state index contributed by atoms with van der Waals surface area (Å²) in [6.07, 6.45) is 5.56. The number of aromatic nitrogens is 1. The number of rotatable bonds is 1. The van der Waals surface area contributed by atoms with Gasteiger partial charge in [0, 0.05) is 31.5 Å². The lowest BCUT2D eigenvalue weighted by atomic mass is 9.74. The van der Waals surface area contributed by atoms with Gasteiger partial charge in [0.15, 0.2) is 0 Å². The summed E-state index contributed by atoms with van der Waals surface area (Å²) in [6, 6.07) is 0. The Morgan fingerprint density at radius 3 is 3.06 bits per heavy atom. The minimum Gasteiger partial charge on any atom is -0.392 e. The second-order valence-electron chi connectivity index (χ2n) is 5.72. The molecule has 2 heterocycles. The molecule has 1 aliphatic heterocycles. The average molecular weight is 232 g/mol. The first-order valence-electron chi connectivity index (χ1n) is 6.37. The van der Waals surface area contributed by atoms with Crippen LogP contribution in [-0.2, 0) is 18.6 Å². The van der Waals surface area contributed by atoms with Crippen LogP contribution in [0, 0.1) is 0 Å². The maximum Gasteiger partial charge on any atom is 0.0699 e. The van der Waals surface area contributed by atoms with Crippen molar-refractivity contribution in [2.45, 2.75) is 38.8 Å². The molecule has 0 unspecified atom stereocenters. The topological polar surface area (TPSA) is 37.2 Å². The van der Waals surface area contributed by atoms with Crippen LogP contribution in [0.15, 0.2) is 12.3 Å². The molecule has 0 aromatic carbocycles. The smallest absolute Gasteiger partial charge is 0.0699 e. The molecule has 0 saturated carbocycles. The molecule has 1 aromatic rings. The van der Waals surface area contributed by atoms with Crippen molar-refractivity contribution in [1.82, 2.24) is 9.88 Å². The zero-order valence-electron chi connectivity index (χ0n) is 10.6. The third-order valence-corrected chi connectivity index (χ3v) is 4.01. The van der Waals surface area contributed by atoms with E-state index in [1.54, 1.807) is 0 Å². The van der Waals surface area contributed by atoms with Crippen LogP contribution in [0.3, 0.4) is 0 Å². The normalized spacial score (nSPS) is 21.7. The number of nitrogens with one attached hydrogen (secondary N) is 1. The molecule has 3 rings (SSSR count). The van der Waals surface area contributed by atoms with E-state index in [0.717, 1.165) is 31.6 Å². The van der Waals surface area contributed by atoms with Crippen LogP contribution in [-0.4, -0.2) is 22.8 Å². The molecule has 2 N–H and O–H groups in total. The molecule has 0 spiro atoms. The lowest BCUT2D eigenvalue weighted by Crippen LogP contribution is -2.24. The second-order valence-corrected chi connectivity index (χ2v) is 5.72. The van der Waals surface area contributed by atoms with Crippen molar-refractivity contribution in [3.05, 3.63) is 29.1 Å². The van der Waals surface area contributed by atoms with E-state index in [1.807, 2.05) is 0 Å². The van der Waals surface area contributed by atoms with E-state index in [0.29, 0.717) is 0 Å². The second kappa shape index (κ2) is 3.72. The van der Waals surface area contributed by atoms with Gasteiger partial charge in [0.2, 0.25) is 0 Å². The van der Waals surface area contributed by atoms with E-state index in [4.69, 9.17) is 0 Å². The van der Waals surface area contributed by atoms with Gasteiger partial charge in [0.1, 0.15) is 0 Å². The van der Waals surface area contributed by atoms with Crippen molar-refractivity contribution in [3.63, 3.8) is 0 Å². The van der Waals surface area contributed by atoms with Crippen molar-refractivity contribution in [3.8, 4) is 0 Å². The highest BCUT2D eigenvalue weighted by molar-refractivity contribution is 5.72. The van der Waals surface area contributed by atoms with Crippen LogP contribution in [0.25, 0.3) is 5.57 Å². The molecule has 3 nitrogen and oxygen atoms in total. The van der Waals surface area contributed by atoms with E-state index >= 15 is 0 Å². The third-order valence-electron chi connectivity index (χ3n) is 4.01. The third kappa shape index (κ3) is 1.57. The highest BCUT2D eigenvalue weighted by atomic mass is 16.3. The fraction of sp³-hybridized carbons (Fsp3) is 0.571. The monoisotopic (exact) mass is 232 g/mol. The van der Waals surface area contributed by atoms with Gasteiger partial charge in [-0.05, 0) is 28.5 Å². The van der Waals surface area contributed by atoms with Gasteiger partial charge in [-0.15, -0.1) is 0 Å². The summed E-state index contributed by atoms with van der Waals surface area (Å²) in [6.45, 7) is 7.65. The first kappa shape index (κ1) is 11.1. The molecular formula is C14H20N2O. The molecule has 0 bridgehead atoms. The quantitative estimate of drug-likeness (QED) is 0.772. The van der Waals surface area contributed by atoms with Crippen molar-refractivity contribution in [1.29, 1.82) is 0 Å². The van der Waals surface area contributed by atoms with Crippen LogP contribution in [0.1, 0.15) is 37.1 Å². The van der Waals surface area contributed by atoms with E-state index in [2.05, 4.69) is 36.0 Å². The van der Waals surface area contributed by atoms with Crippen molar-refractivity contribution in [2.75, 3.05) is 13.1 Å². The summed E-state index contributed by atoms with van der Waals surface area (Å²) < 4.78 is 2.31. The van der Waals surface area contributed by atoms with Gasteiger partial charge >= 0.3 is 0 Å². The van der Waals surface area contributed by atoms with Gasteiger partial charge in [0.05, 0.1) is 6.61 Å². The highest BCUT2D eigenvalue weighted by Gasteiger charge is 2.34. The minimum absolute atomic E-state index is 0.145. The molecule has 92 valence electrons. The van der Waals surface area contributed by atoms with Crippen molar-refractivity contribution < 1.29 is 5.11 Å². The van der Waals surface area contributed by atoms with E-state index in [9.17, 15) is 5.11 Å². The molecule has 2 aliphatic rings. The standard InChI is InChI=1S/C14H20N2O/c1-14(2)4-3-10-7-15-5-6-16-8-11(9-17)12(14)13(10)16/h3,8,15,17H,4-7,9H2,1-2H3. The largest absolute Gasteiger partial charge is 0.392 e. The SMILES string of the molecule is CC1(C)CC=C2CNCCn3cc(CO)c1c32. The average Bonchev–Trinajstić information content (AvgIpc) is 2.56. The van der Waals surface area contributed by atoms with E-state index < -0.39 is 0 Å². The molecule has 0 saturated heterocycles. The predicted molar refractivity (Wildman–Crippen MR) is 68.8 cm³/mol. The van der Waals surface area contributed by atoms with E-state index in [1.165, 1.54) is 16.8 Å². The Morgan fingerprint density at radius 1 is 1.47 bits per heavy atom. The minimum atomic E-state index is 0.145. The van der Waals surface area contributed by atoms with Crippen molar-refractivity contribution in [2.24, 2.45) is 0 Å². The number of aliphatic hydroxyl groups excluding tert-OH is 1. The van der Waals surface area contributed by atoms with Gasteiger partial charge in [-0.2, -0.15) is 0 Å². The summed E-state index contributed by atoms with van der Waals surface area (Å²) in [4.78, 5) is 0. The Labute approximate surface area is 102 Å². The fourth-order valence-electron chi connectivity index (χ4n) is 3.16. The van der Waals surface area contributed by atoms with Crippen LogP contribution in [0.4, 0.5) is 0 Å². The van der Waals surface area contributed by atoms with Gasteiger partial charge in [0.25, 0.3) is 0 Å². The van der Waals surface area contributed by atoms with Gasteiger partial charge < -0.3 is 15.0 Å². The van der Waals surface area contributed by atoms with Crippen LogP contribution in [0.2, 0.25) is 0 Å². The van der Waals surface area contributed by atoms with Crippen LogP contribution < -0.4 is 5.32 Å². The highest BCUT2D eigenvalue weighted by Crippen LogP contribution is 2.42. The molecule has 1 aromatic heterocycles. The first-order valence-corrected chi connectivity index (χ1v) is 6.37. The van der Waals surface area contributed by atoms with Gasteiger partial charge in [-0.3, -0.25) is 0 Å². The predicted octanol–water partition coefficient (Wildman–Crippen LogP) is 1.65. The summed E-state index contributed by atoms with van der Waals surface area (Å²) in [5.41, 5.74) is 5.37. The molecule has 0 atom stereocenters. The van der Waals surface area contributed by atoms with Crippen molar-refractivity contribution >= 4 is 5.57 Å². The Hall–Kier alpha value is -1.06. The van der Waals surface area contributed by atoms with Gasteiger partial charge in [-0.1, -0.05) is 19.9 Å². The Balaban J connectivity index is 2.26. The van der Waals surface area contributed by atoms with Crippen LogP contribution >= 0.6 is 0 Å². The number of nitrogens with zero attached hydrogens (tertiary/aromatic N) is 1. The van der Waals surface area contributed by atoms with E-state index in [-0.39, 0.29) is 12.0 Å². The molecule has 0 fully saturated rings. The molecule has 3 heteroatoms. The maximum absolute atomic E-state index is 9.56. The molecule has 0 radical (unpaired) electrons. The summed E-state index contributed by atoms with van der Waals surface area (Å²) in [5.74, 6) is 0. The zero-order chi connectivity index (χ0) is 12.0. The van der Waals surface area contributed by atoms with Gasteiger partial charge in [-0.25, -0.2) is 0 Å². The summed E-state index contributed by atoms with van der Waals surface area (Å²) >= 11 is 0. The number of hydrogen-bond acceptors (Lipinski definition) is 2.